The van der Waals surface area contributed by atoms with Crippen molar-refractivity contribution in [2.24, 2.45) is 5.92 Å². The van der Waals surface area contributed by atoms with Crippen molar-refractivity contribution in [2.75, 3.05) is 6.61 Å². The molecular weight excluding hydrogens is 501 g/mol. The number of rotatable bonds is 9. The third-order valence-corrected chi connectivity index (χ3v) is 18.9. The first-order chi connectivity index (χ1) is 17.3. The van der Waals surface area contributed by atoms with Crippen LogP contribution in [0.25, 0.3) is 0 Å². The van der Waals surface area contributed by atoms with Crippen LogP contribution in [0.1, 0.15) is 111 Å². The lowest BCUT2D eigenvalue weighted by atomic mass is 9.68. The van der Waals surface area contributed by atoms with Crippen LogP contribution in [0.2, 0.25) is 36.3 Å². The molecule has 0 bridgehead atoms. The number of hydrogen-bond donors (Lipinski definition) is 0. The lowest BCUT2D eigenvalue weighted by Crippen LogP contribution is -2.47. The van der Waals surface area contributed by atoms with E-state index in [9.17, 15) is 0 Å². The maximum absolute atomic E-state index is 7.13. The third-order valence-electron chi connectivity index (χ3n) is 10.1. The summed E-state index contributed by atoms with van der Waals surface area (Å²) in [4.78, 5) is 0. The summed E-state index contributed by atoms with van der Waals surface area (Å²) < 4.78 is 20.7. The Morgan fingerprint density at radius 1 is 0.947 bits per heavy atom. The second-order valence-corrected chi connectivity index (χ2v) is 25.1. The molecule has 3 nitrogen and oxygen atoms in total. The average Bonchev–Trinajstić information content (AvgIpc) is 2.75. The van der Waals surface area contributed by atoms with E-state index in [4.69, 9.17) is 13.6 Å². The van der Waals surface area contributed by atoms with Gasteiger partial charge in [-0.05, 0) is 99.1 Å². The second kappa shape index (κ2) is 11.1. The Morgan fingerprint density at radius 2 is 1.58 bits per heavy atom. The largest absolute Gasteiger partial charge is 0.543 e. The Labute approximate surface area is 237 Å². The molecule has 0 fully saturated rings. The van der Waals surface area contributed by atoms with Crippen molar-refractivity contribution < 1.29 is 13.6 Å². The van der Waals surface area contributed by atoms with Gasteiger partial charge < -0.3 is 13.6 Å². The molecule has 0 radical (unpaired) electrons. The molecule has 2 atom stereocenters. The Balaban J connectivity index is 2.07. The number of allylic oxidation sites excluding steroid dienone is 1. The molecule has 0 saturated heterocycles. The Bertz CT molecular complexity index is 1010. The number of fused-ring (bicyclic) bond motifs is 3. The van der Waals surface area contributed by atoms with Crippen LogP contribution in [0.3, 0.4) is 0 Å². The van der Waals surface area contributed by atoms with Gasteiger partial charge in [0.1, 0.15) is 17.1 Å². The SMILES string of the molecule is CCCCCc1cc2c(c(O[Si](C)(C)C(C)(C)C)c1)C1C=C(CO[Si](C)(C)C(C)(C)C)CCC1C(C)(C)O2. The fraction of sp³-hybridized carbons (Fsp3) is 0.758. The summed E-state index contributed by atoms with van der Waals surface area (Å²) in [6.07, 6.45) is 9.53. The monoisotopic (exact) mass is 558 g/mol. The van der Waals surface area contributed by atoms with Crippen LogP contribution in [0.5, 0.6) is 11.5 Å². The van der Waals surface area contributed by atoms with Crippen molar-refractivity contribution in [1.29, 1.82) is 0 Å². The minimum atomic E-state index is -2.03. The van der Waals surface area contributed by atoms with Crippen LogP contribution in [0.4, 0.5) is 0 Å². The molecule has 3 rings (SSSR count). The molecule has 216 valence electrons. The Kier molecular flexibility index (Phi) is 9.18. The highest BCUT2D eigenvalue weighted by molar-refractivity contribution is 6.75. The van der Waals surface area contributed by atoms with Gasteiger partial charge in [0, 0.05) is 17.4 Å². The molecule has 1 aromatic rings. The number of unbranched alkanes of at least 4 members (excludes halogenated alkanes) is 2. The molecule has 1 aromatic carbocycles. The van der Waals surface area contributed by atoms with Crippen LogP contribution >= 0.6 is 0 Å². The third kappa shape index (κ3) is 6.80. The van der Waals surface area contributed by atoms with E-state index in [0.717, 1.165) is 37.4 Å². The summed E-state index contributed by atoms with van der Waals surface area (Å²) in [7, 11) is -3.84. The highest BCUT2D eigenvalue weighted by atomic mass is 28.4. The number of benzene rings is 1. The summed E-state index contributed by atoms with van der Waals surface area (Å²) in [5.41, 5.74) is 3.87. The quantitative estimate of drug-likeness (QED) is 0.171. The van der Waals surface area contributed by atoms with Crippen molar-refractivity contribution in [2.45, 2.75) is 149 Å². The molecule has 2 unspecified atom stereocenters. The van der Waals surface area contributed by atoms with E-state index < -0.39 is 16.6 Å². The Hall–Kier alpha value is -1.05. The van der Waals surface area contributed by atoms with Gasteiger partial charge in [0.05, 0.1) is 6.61 Å². The highest BCUT2D eigenvalue weighted by Crippen LogP contribution is 2.55. The molecule has 2 aliphatic rings. The zero-order valence-corrected chi connectivity index (χ0v) is 29.1. The van der Waals surface area contributed by atoms with Gasteiger partial charge in [-0.25, -0.2) is 0 Å². The van der Waals surface area contributed by atoms with Gasteiger partial charge in [-0.2, -0.15) is 0 Å². The van der Waals surface area contributed by atoms with Gasteiger partial charge in [0.2, 0.25) is 8.32 Å². The standard InChI is InChI=1S/C33H58O3Si2/c1-14-15-16-17-24-21-28-30(29(22-24)36-38(12,13)32(5,6)7)26-20-25(18-19-27(26)33(8,9)35-28)23-34-37(10,11)31(2,3)4/h20-22,26-27H,14-19,23H2,1-13H3. The van der Waals surface area contributed by atoms with E-state index in [2.05, 4.69) is 107 Å². The van der Waals surface area contributed by atoms with Gasteiger partial charge in [0.25, 0.3) is 0 Å². The van der Waals surface area contributed by atoms with E-state index in [-0.39, 0.29) is 15.7 Å². The predicted molar refractivity (Wildman–Crippen MR) is 169 cm³/mol. The molecule has 1 aliphatic heterocycles. The second-order valence-electron chi connectivity index (χ2n) is 15.6. The zero-order chi connectivity index (χ0) is 28.7. The molecular formula is C33H58O3Si2. The zero-order valence-electron chi connectivity index (χ0n) is 27.1. The number of hydrogen-bond acceptors (Lipinski definition) is 3. The molecule has 0 amide bonds. The van der Waals surface area contributed by atoms with E-state index in [1.54, 1.807) is 0 Å². The van der Waals surface area contributed by atoms with Gasteiger partial charge in [0.15, 0.2) is 8.32 Å². The summed E-state index contributed by atoms with van der Waals surface area (Å²) in [5.74, 6) is 2.85. The number of aryl methyl sites for hydroxylation is 1. The fourth-order valence-corrected chi connectivity index (χ4v) is 7.32. The molecule has 0 N–H and O–H groups in total. The molecule has 38 heavy (non-hydrogen) atoms. The van der Waals surface area contributed by atoms with Crippen LogP contribution in [-0.2, 0) is 10.8 Å². The lowest BCUT2D eigenvalue weighted by Gasteiger charge is -2.48. The first-order valence-electron chi connectivity index (χ1n) is 15.2. The average molecular weight is 559 g/mol. The predicted octanol–water partition coefficient (Wildman–Crippen LogP) is 10.4. The van der Waals surface area contributed by atoms with Crippen LogP contribution in [0.15, 0.2) is 23.8 Å². The van der Waals surface area contributed by atoms with Crippen LogP contribution in [-0.4, -0.2) is 28.8 Å². The molecule has 1 aliphatic carbocycles. The molecule has 1 heterocycles. The minimum absolute atomic E-state index is 0.136. The molecule has 0 spiro atoms. The summed E-state index contributed by atoms with van der Waals surface area (Å²) in [6.45, 7) is 31.0. The van der Waals surface area contributed by atoms with Gasteiger partial charge in [-0.15, -0.1) is 0 Å². The molecule has 0 saturated carbocycles. The molecule has 5 heteroatoms. The fourth-order valence-electron chi connectivity index (χ4n) is 5.31. The van der Waals surface area contributed by atoms with Gasteiger partial charge in [-0.3, -0.25) is 0 Å². The maximum Gasteiger partial charge on any atom is 0.250 e. The first kappa shape index (κ1) is 31.5. The van der Waals surface area contributed by atoms with Crippen LogP contribution in [0, 0.1) is 5.92 Å². The summed E-state index contributed by atoms with van der Waals surface area (Å²) >= 11 is 0. The normalized spacial score (nSPS) is 21.8. The number of ether oxygens (including phenoxy) is 1. The van der Waals surface area contributed by atoms with E-state index >= 15 is 0 Å². The topological polar surface area (TPSA) is 27.7 Å². The van der Waals surface area contributed by atoms with Crippen molar-refractivity contribution in [3.8, 4) is 11.5 Å². The highest BCUT2D eigenvalue weighted by Gasteiger charge is 2.47. The van der Waals surface area contributed by atoms with Gasteiger partial charge in [-0.1, -0.05) is 67.4 Å². The van der Waals surface area contributed by atoms with Crippen LogP contribution < -0.4 is 9.16 Å². The summed E-state index contributed by atoms with van der Waals surface area (Å²) in [5, 5.41) is 0.354. The summed E-state index contributed by atoms with van der Waals surface area (Å²) in [6, 6.07) is 4.69. The van der Waals surface area contributed by atoms with Crippen molar-refractivity contribution in [1.82, 2.24) is 0 Å². The van der Waals surface area contributed by atoms with E-state index in [1.807, 2.05) is 0 Å². The maximum atomic E-state index is 7.13. The van der Waals surface area contributed by atoms with Crippen molar-refractivity contribution >= 4 is 16.6 Å². The van der Waals surface area contributed by atoms with Gasteiger partial charge >= 0.3 is 0 Å². The first-order valence-corrected chi connectivity index (χ1v) is 21.0. The van der Waals surface area contributed by atoms with Crippen molar-refractivity contribution in [3.05, 3.63) is 34.9 Å². The lowest BCUT2D eigenvalue weighted by molar-refractivity contribution is 0.0103. The minimum Gasteiger partial charge on any atom is -0.543 e. The smallest absolute Gasteiger partial charge is 0.250 e. The van der Waals surface area contributed by atoms with E-state index in [0.29, 0.717) is 11.8 Å². The Morgan fingerprint density at radius 3 is 2.16 bits per heavy atom. The van der Waals surface area contributed by atoms with Crippen molar-refractivity contribution in [3.63, 3.8) is 0 Å². The molecule has 0 aromatic heterocycles. The van der Waals surface area contributed by atoms with E-state index in [1.165, 1.54) is 36.0 Å².